The molecule has 0 aromatic carbocycles. The molecule has 4 heteroatoms. The molecular weight excluding hydrogens is 406 g/mol. The van der Waals surface area contributed by atoms with E-state index in [9.17, 15) is 0 Å². The second-order valence-corrected chi connectivity index (χ2v) is 8.93. The summed E-state index contributed by atoms with van der Waals surface area (Å²) in [6, 6.07) is 0. The van der Waals surface area contributed by atoms with Gasteiger partial charge in [0.05, 0.1) is 9.52 Å². The van der Waals surface area contributed by atoms with Crippen molar-refractivity contribution in [1.82, 2.24) is 0 Å². The van der Waals surface area contributed by atoms with Crippen molar-refractivity contribution in [3.63, 3.8) is 0 Å². The second-order valence-electron chi connectivity index (χ2n) is 6.25. The van der Waals surface area contributed by atoms with Gasteiger partial charge in [0.15, 0.2) is 0 Å². The van der Waals surface area contributed by atoms with Crippen molar-refractivity contribution in [2.75, 3.05) is 0 Å². The summed E-state index contributed by atoms with van der Waals surface area (Å²) in [6.07, 6.45) is 6.81. The van der Waals surface area contributed by atoms with E-state index in [1.165, 1.54) is 36.8 Å². The smallest absolute Gasteiger partial charge is 0.0882 e. The Bertz CT molecular complexity index is 518. The molecule has 0 N–H and O–H groups in total. The molecule has 0 aliphatic heterocycles. The standard InChI is InChI=1S/C18H26Cl2Si.Zr/c1-5-7-13-9-15(19)11(3)17(13)21-18-12(4)16(20)10-14(18)8-6-2;/h5-10,21H2,1-4H3;. The summed E-state index contributed by atoms with van der Waals surface area (Å²) in [4.78, 5) is 0. The fourth-order valence-corrected chi connectivity index (χ4v) is 6.67. The molecule has 0 unspecified atom stereocenters. The van der Waals surface area contributed by atoms with E-state index < -0.39 is 9.52 Å². The predicted molar refractivity (Wildman–Crippen MR) is 98.8 cm³/mol. The molecule has 2 aliphatic rings. The van der Waals surface area contributed by atoms with Gasteiger partial charge in [-0.25, -0.2) is 0 Å². The van der Waals surface area contributed by atoms with Crippen LogP contribution < -0.4 is 0 Å². The van der Waals surface area contributed by atoms with Crippen LogP contribution in [-0.4, -0.2) is 9.52 Å². The summed E-state index contributed by atoms with van der Waals surface area (Å²) in [6.45, 7) is 8.94. The van der Waals surface area contributed by atoms with Gasteiger partial charge in [0.2, 0.25) is 0 Å². The number of allylic oxidation sites excluding steroid dienone is 8. The Morgan fingerprint density at radius 2 is 1.18 bits per heavy atom. The SMILES string of the molecule is CCCC1=C([SiH2]C2=C(CCC)CC(Cl)=C2C)C(C)=C(Cl)C1.[Zr]. The molecule has 2 aliphatic carbocycles. The molecule has 0 aromatic heterocycles. The first-order valence-corrected chi connectivity index (χ1v) is 10.3. The van der Waals surface area contributed by atoms with Crippen molar-refractivity contribution in [1.29, 1.82) is 0 Å². The van der Waals surface area contributed by atoms with Crippen LogP contribution in [0, 0.1) is 0 Å². The van der Waals surface area contributed by atoms with Crippen molar-refractivity contribution in [2.24, 2.45) is 0 Å². The summed E-state index contributed by atoms with van der Waals surface area (Å²) in [5, 5.41) is 5.39. The molecule has 0 bridgehead atoms. The van der Waals surface area contributed by atoms with E-state index in [0.717, 1.165) is 22.9 Å². The van der Waals surface area contributed by atoms with E-state index >= 15 is 0 Å². The van der Waals surface area contributed by atoms with Gasteiger partial charge >= 0.3 is 0 Å². The zero-order valence-electron chi connectivity index (χ0n) is 14.2. The number of rotatable bonds is 6. The Balaban J connectivity index is 0.00000242. The van der Waals surface area contributed by atoms with Crippen LogP contribution in [0.2, 0.25) is 0 Å². The summed E-state index contributed by atoms with van der Waals surface area (Å²) in [7, 11) is -0.455. The van der Waals surface area contributed by atoms with Crippen molar-refractivity contribution in [2.45, 2.75) is 66.2 Å². The van der Waals surface area contributed by atoms with Gasteiger partial charge in [0, 0.05) is 49.1 Å². The van der Waals surface area contributed by atoms with Gasteiger partial charge in [-0.1, -0.05) is 71.4 Å². The Morgan fingerprint density at radius 1 is 0.818 bits per heavy atom. The van der Waals surface area contributed by atoms with E-state index in [1.807, 2.05) is 0 Å². The van der Waals surface area contributed by atoms with Crippen LogP contribution in [-0.2, 0) is 26.2 Å². The van der Waals surface area contributed by atoms with E-state index in [4.69, 9.17) is 23.2 Å². The minimum atomic E-state index is -0.455. The molecule has 0 radical (unpaired) electrons. The van der Waals surface area contributed by atoms with Crippen molar-refractivity contribution < 1.29 is 26.2 Å². The minimum absolute atomic E-state index is 0. The maximum Gasteiger partial charge on any atom is 0.0882 e. The van der Waals surface area contributed by atoms with Gasteiger partial charge in [-0.2, -0.15) is 0 Å². The third-order valence-electron chi connectivity index (χ3n) is 4.77. The van der Waals surface area contributed by atoms with Gasteiger partial charge in [-0.15, -0.1) is 0 Å². The Morgan fingerprint density at radius 3 is 1.50 bits per heavy atom. The zero-order valence-corrected chi connectivity index (χ0v) is 19.6. The summed E-state index contributed by atoms with van der Waals surface area (Å²) in [5.74, 6) is 0. The molecular formula is C18H26Cl2SiZr. The molecule has 22 heavy (non-hydrogen) atoms. The van der Waals surface area contributed by atoms with Crippen LogP contribution in [0.5, 0.6) is 0 Å². The van der Waals surface area contributed by atoms with Gasteiger partial charge in [-0.3, -0.25) is 0 Å². The van der Waals surface area contributed by atoms with Crippen LogP contribution in [0.1, 0.15) is 66.2 Å². The van der Waals surface area contributed by atoms with E-state index in [-0.39, 0.29) is 26.2 Å². The van der Waals surface area contributed by atoms with Crippen LogP contribution in [0.15, 0.2) is 42.7 Å². The Hall–Kier alpha value is 0.640. The Labute approximate surface area is 167 Å². The van der Waals surface area contributed by atoms with Crippen molar-refractivity contribution in [3.8, 4) is 0 Å². The molecule has 0 atom stereocenters. The monoisotopic (exact) mass is 430 g/mol. The molecule has 0 heterocycles. The minimum Gasteiger partial charge on any atom is -0.0885 e. The van der Waals surface area contributed by atoms with Crippen LogP contribution in [0.25, 0.3) is 0 Å². The molecule has 120 valence electrons. The molecule has 0 fully saturated rings. The van der Waals surface area contributed by atoms with Crippen LogP contribution >= 0.6 is 23.2 Å². The van der Waals surface area contributed by atoms with Gasteiger partial charge in [0.1, 0.15) is 0 Å². The van der Waals surface area contributed by atoms with Crippen LogP contribution in [0.4, 0.5) is 0 Å². The van der Waals surface area contributed by atoms with Crippen LogP contribution in [0.3, 0.4) is 0 Å². The summed E-state index contributed by atoms with van der Waals surface area (Å²) < 4.78 is 0. The molecule has 0 nitrogen and oxygen atoms in total. The van der Waals surface area contributed by atoms with Crippen molar-refractivity contribution >= 4 is 32.7 Å². The van der Waals surface area contributed by atoms with Crippen molar-refractivity contribution in [3.05, 3.63) is 42.7 Å². The molecule has 2 rings (SSSR count). The maximum atomic E-state index is 6.44. The maximum absolute atomic E-state index is 6.44. The topological polar surface area (TPSA) is 0 Å². The third kappa shape index (κ3) is 4.38. The molecule has 0 saturated carbocycles. The number of hydrogen-bond acceptors (Lipinski definition) is 0. The van der Waals surface area contributed by atoms with E-state index in [1.54, 1.807) is 21.5 Å². The summed E-state index contributed by atoms with van der Waals surface area (Å²) in [5.41, 5.74) is 5.94. The fraction of sp³-hybridized carbons (Fsp3) is 0.556. The average molecular weight is 433 g/mol. The normalized spacial score (nSPS) is 18.8. The fourth-order valence-electron chi connectivity index (χ4n) is 3.49. The van der Waals surface area contributed by atoms with E-state index in [0.29, 0.717) is 0 Å². The first-order valence-electron chi connectivity index (χ1n) is 8.12. The summed E-state index contributed by atoms with van der Waals surface area (Å²) >= 11 is 12.9. The first-order chi connectivity index (χ1) is 9.99. The zero-order chi connectivity index (χ0) is 15.6. The Kier molecular flexibility index (Phi) is 8.66. The molecule has 0 spiro atoms. The number of hydrogen-bond donors (Lipinski definition) is 0. The molecule has 0 aromatic rings. The largest absolute Gasteiger partial charge is 0.0885 e. The molecule has 0 amide bonds. The molecule has 0 saturated heterocycles. The number of halogens is 2. The third-order valence-corrected chi connectivity index (χ3v) is 8.37. The second kappa shape index (κ2) is 9.21. The van der Waals surface area contributed by atoms with Gasteiger partial charge in [0.25, 0.3) is 0 Å². The first kappa shape index (κ1) is 20.7. The van der Waals surface area contributed by atoms with Gasteiger partial charge in [-0.05, 0) is 37.8 Å². The van der Waals surface area contributed by atoms with E-state index in [2.05, 4.69) is 27.7 Å². The predicted octanol–water partition coefficient (Wildman–Crippen LogP) is 6.09. The average Bonchev–Trinajstić information content (AvgIpc) is 2.85. The quantitative estimate of drug-likeness (QED) is 0.445. The van der Waals surface area contributed by atoms with Gasteiger partial charge < -0.3 is 0 Å².